The van der Waals surface area contributed by atoms with Gasteiger partial charge in [-0.3, -0.25) is 14.8 Å². The van der Waals surface area contributed by atoms with Gasteiger partial charge >= 0.3 is 0 Å². The van der Waals surface area contributed by atoms with E-state index in [9.17, 15) is 9.59 Å². The number of benzene rings is 1. The average molecular weight is 307 g/mol. The van der Waals surface area contributed by atoms with Crippen LogP contribution < -0.4 is 16.1 Å². The lowest BCUT2D eigenvalue weighted by Gasteiger charge is -2.11. The maximum Gasteiger partial charge on any atom is 0.243 e. The van der Waals surface area contributed by atoms with E-state index in [1.807, 2.05) is 24.3 Å². The van der Waals surface area contributed by atoms with E-state index in [1.165, 1.54) is 0 Å². The Morgan fingerprint density at radius 2 is 1.50 bits per heavy atom. The molecule has 0 heterocycles. The predicted molar refractivity (Wildman–Crippen MR) is 86.8 cm³/mol. The third-order valence-electron chi connectivity index (χ3n) is 3.06. The maximum absolute atomic E-state index is 11.8. The minimum absolute atomic E-state index is 0.0313. The summed E-state index contributed by atoms with van der Waals surface area (Å²) < 4.78 is 0. The van der Waals surface area contributed by atoms with Crippen LogP contribution in [0.4, 0.5) is 11.4 Å². The fourth-order valence-corrected chi connectivity index (χ4v) is 2.01. The van der Waals surface area contributed by atoms with Crippen molar-refractivity contribution in [2.24, 2.45) is 0 Å². The first-order chi connectivity index (χ1) is 10.5. The van der Waals surface area contributed by atoms with Crippen LogP contribution in [0.25, 0.3) is 0 Å². The molecule has 4 N–H and O–H groups in total. The maximum atomic E-state index is 11.8. The molecule has 122 valence electrons. The summed E-state index contributed by atoms with van der Waals surface area (Å²) in [6.07, 6.45) is 2.86. The number of amides is 2. The molecule has 0 radical (unpaired) electrons. The Morgan fingerprint density at radius 1 is 0.955 bits per heavy atom. The lowest BCUT2D eigenvalue weighted by molar-refractivity contribution is -0.129. The number of hydroxylamine groups is 1. The molecular weight excluding hydrogens is 282 g/mol. The Hall–Kier alpha value is -2.08. The van der Waals surface area contributed by atoms with Gasteiger partial charge in [0, 0.05) is 30.3 Å². The SMILES string of the molecule is CC(C)Nc1ccc(NC(=O)CCCCCC(=O)NO)cc1. The number of hydrogen-bond acceptors (Lipinski definition) is 4. The molecule has 0 saturated carbocycles. The van der Waals surface area contributed by atoms with Crippen LogP contribution in [0.5, 0.6) is 0 Å². The number of unbranched alkanes of at least 4 members (excludes halogenated alkanes) is 2. The predicted octanol–water partition coefficient (Wildman–Crippen LogP) is 2.90. The highest BCUT2D eigenvalue weighted by Gasteiger charge is 2.04. The van der Waals surface area contributed by atoms with Crippen molar-refractivity contribution in [3.8, 4) is 0 Å². The second-order valence-electron chi connectivity index (χ2n) is 5.52. The molecule has 1 aromatic carbocycles. The van der Waals surface area contributed by atoms with Crippen LogP contribution in [0, 0.1) is 0 Å². The molecule has 0 aliphatic rings. The number of carbonyl (C=O) groups excluding carboxylic acids is 2. The lowest BCUT2D eigenvalue weighted by atomic mass is 10.1. The van der Waals surface area contributed by atoms with Crippen LogP contribution in [-0.2, 0) is 9.59 Å². The van der Waals surface area contributed by atoms with Crippen LogP contribution in [0.15, 0.2) is 24.3 Å². The molecule has 0 aromatic heterocycles. The number of rotatable bonds is 9. The van der Waals surface area contributed by atoms with Gasteiger partial charge in [-0.2, -0.15) is 0 Å². The van der Waals surface area contributed by atoms with Crippen molar-refractivity contribution in [1.82, 2.24) is 5.48 Å². The van der Waals surface area contributed by atoms with Gasteiger partial charge in [0.2, 0.25) is 11.8 Å². The number of carbonyl (C=O) groups is 2. The van der Waals surface area contributed by atoms with Crippen molar-refractivity contribution in [3.63, 3.8) is 0 Å². The Morgan fingerprint density at radius 3 is 2.05 bits per heavy atom. The smallest absolute Gasteiger partial charge is 0.243 e. The highest BCUT2D eigenvalue weighted by Crippen LogP contribution is 2.15. The topological polar surface area (TPSA) is 90.5 Å². The Bertz CT molecular complexity index is 472. The third kappa shape index (κ3) is 7.64. The highest BCUT2D eigenvalue weighted by molar-refractivity contribution is 5.90. The second-order valence-corrected chi connectivity index (χ2v) is 5.52. The molecule has 1 aromatic rings. The molecule has 6 heteroatoms. The van der Waals surface area contributed by atoms with Gasteiger partial charge in [-0.25, -0.2) is 5.48 Å². The lowest BCUT2D eigenvalue weighted by Crippen LogP contribution is -2.17. The summed E-state index contributed by atoms with van der Waals surface area (Å²) in [4.78, 5) is 22.6. The highest BCUT2D eigenvalue weighted by atomic mass is 16.5. The van der Waals surface area contributed by atoms with Crippen LogP contribution in [-0.4, -0.2) is 23.1 Å². The molecule has 0 bridgehead atoms. The zero-order valence-corrected chi connectivity index (χ0v) is 13.2. The third-order valence-corrected chi connectivity index (χ3v) is 3.06. The van der Waals surface area contributed by atoms with Gasteiger partial charge in [-0.05, 0) is 51.0 Å². The molecule has 0 aliphatic carbocycles. The molecule has 0 unspecified atom stereocenters. The minimum Gasteiger partial charge on any atom is -0.383 e. The van der Waals surface area contributed by atoms with Crippen molar-refractivity contribution in [3.05, 3.63) is 24.3 Å². The molecule has 2 amide bonds. The van der Waals surface area contributed by atoms with Crippen LogP contribution in [0.2, 0.25) is 0 Å². The van der Waals surface area contributed by atoms with Gasteiger partial charge in [-0.1, -0.05) is 6.42 Å². The number of hydrogen-bond donors (Lipinski definition) is 4. The van der Waals surface area contributed by atoms with Crippen LogP contribution in [0.3, 0.4) is 0 Å². The summed E-state index contributed by atoms with van der Waals surface area (Å²) in [6, 6.07) is 7.97. The standard InChI is InChI=1S/C16H25N3O3/c1-12(2)17-13-8-10-14(11-9-13)18-15(20)6-4-3-5-7-16(21)19-22/h8-12,17,22H,3-7H2,1-2H3,(H,18,20)(H,19,21). The van der Waals surface area contributed by atoms with Crippen molar-refractivity contribution >= 4 is 23.2 Å². The Balaban J connectivity index is 2.23. The first-order valence-electron chi connectivity index (χ1n) is 7.60. The zero-order valence-electron chi connectivity index (χ0n) is 13.2. The molecule has 0 aliphatic heterocycles. The summed E-state index contributed by atoms with van der Waals surface area (Å²) in [5.74, 6) is -0.421. The number of anilines is 2. The molecule has 22 heavy (non-hydrogen) atoms. The monoisotopic (exact) mass is 307 g/mol. The largest absolute Gasteiger partial charge is 0.383 e. The van der Waals surface area contributed by atoms with Gasteiger partial charge in [0.05, 0.1) is 0 Å². The normalized spacial score (nSPS) is 10.4. The van der Waals surface area contributed by atoms with Crippen LogP contribution >= 0.6 is 0 Å². The van der Waals surface area contributed by atoms with E-state index in [0.717, 1.165) is 24.2 Å². The van der Waals surface area contributed by atoms with Gasteiger partial charge < -0.3 is 10.6 Å². The molecule has 6 nitrogen and oxygen atoms in total. The molecule has 0 fully saturated rings. The Labute approximate surface area is 131 Å². The summed E-state index contributed by atoms with van der Waals surface area (Å²) in [5, 5.41) is 14.5. The van der Waals surface area contributed by atoms with E-state index < -0.39 is 0 Å². The summed E-state index contributed by atoms with van der Waals surface area (Å²) >= 11 is 0. The van der Waals surface area contributed by atoms with Crippen molar-refractivity contribution < 1.29 is 14.8 Å². The fourth-order valence-electron chi connectivity index (χ4n) is 2.01. The van der Waals surface area contributed by atoms with E-state index in [1.54, 1.807) is 5.48 Å². The van der Waals surface area contributed by atoms with Crippen LogP contribution in [0.1, 0.15) is 46.0 Å². The Kier molecular flexibility index (Phi) is 7.99. The fraction of sp³-hybridized carbons (Fsp3) is 0.500. The first kappa shape index (κ1) is 18.0. The second kappa shape index (κ2) is 9.78. The summed E-state index contributed by atoms with van der Waals surface area (Å²) in [7, 11) is 0. The first-order valence-corrected chi connectivity index (χ1v) is 7.60. The summed E-state index contributed by atoms with van der Waals surface area (Å²) in [6.45, 7) is 4.14. The van der Waals surface area contributed by atoms with Crippen molar-refractivity contribution in [2.45, 2.75) is 52.0 Å². The van der Waals surface area contributed by atoms with Crippen molar-refractivity contribution in [2.75, 3.05) is 10.6 Å². The quantitative estimate of drug-likeness (QED) is 0.321. The zero-order chi connectivity index (χ0) is 16.4. The van der Waals surface area contributed by atoms with E-state index >= 15 is 0 Å². The van der Waals surface area contributed by atoms with Crippen molar-refractivity contribution in [1.29, 1.82) is 0 Å². The number of nitrogens with one attached hydrogen (secondary N) is 3. The molecule has 0 spiro atoms. The average Bonchev–Trinajstić information content (AvgIpc) is 2.48. The van der Waals surface area contributed by atoms with Gasteiger partial charge in [0.25, 0.3) is 0 Å². The van der Waals surface area contributed by atoms with E-state index in [4.69, 9.17) is 5.21 Å². The van der Waals surface area contributed by atoms with Gasteiger partial charge in [-0.15, -0.1) is 0 Å². The van der Waals surface area contributed by atoms with E-state index in [-0.39, 0.29) is 18.2 Å². The summed E-state index contributed by atoms with van der Waals surface area (Å²) in [5.41, 5.74) is 3.39. The van der Waals surface area contributed by atoms with E-state index in [0.29, 0.717) is 18.9 Å². The van der Waals surface area contributed by atoms with Gasteiger partial charge in [0.1, 0.15) is 0 Å². The molecule has 0 atom stereocenters. The minimum atomic E-state index is -0.389. The molecular formula is C16H25N3O3. The van der Waals surface area contributed by atoms with Gasteiger partial charge in [0.15, 0.2) is 0 Å². The molecule has 0 saturated heterocycles. The van der Waals surface area contributed by atoms with E-state index in [2.05, 4.69) is 24.5 Å². The molecule has 1 rings (SSSR count).